The predicted octanol–water partition coefficient (Wildman–Crippen LogP) is 3.96. The highest BCUT2D eigenvalue weighted by molar-refractivity contribution is 5.70. The highest BCUT2D eigenvalue weighted by Gasteiger charge is 2.13. The van der Waals surface area contributed by atoms with Crippen molar-refractivity contribution >= 4 is 5.97 Å². The minimum absolute atomic E-state index is 0.161. The Bertz CT molecular complexity index is 866. The molecule has 0 fully saturated rings. The Kier molecular flexibility index (Phi) is 6.04. The minimum atomic E-state index is -0.295. The number of esters is 1. The van der Waals surface area contributed by atoms with Gasteiger partial charge in [-0.25, -0.2) is 4.98 Å². The Morgan fingerprint density at radius 2 is 1.89 bits per heavy atom. The van der Waals surface area contributed by atoms with E-state index in [1.54, 1.807) is 6.20 Å². The number of hydrogen-bond acceptors (Lipinski definition) is 4. The Labute approximate surface area is 160 Å². The number of imidazole rings is 1. The van der Waals surface area contributed by atoms with Gasteiger partial charge in [0.1, 0.15) is 5.75 Å². The molecule has 3 rings (SSSR count). The van der Waals surface area contributed by atoms with Crippen molar-refractivity contribution < 1.29 is 9.53 Å². The van der Waals surface area contributed by atoms with E-state index in [2.05, 4.69) is 51.3 Å². The molecule has 0 spiro atoms. The second kappa shape index (κ2) is 8.64. The summed E-state index contributed by atoms with van der Waals surface area (Å²) in [7, 11) is 0. The molecule has 0 saturated heterocycles. The largest absolute Gasteiger partial charge is 0.426 e. The zero-order valence-electron chi connectivity index (χ0n) is 16.0. The molecule has 0 amide bonds. The Morgan fingerprint density at radius 1 is 1.19 bits per heavy atom. The molecule has 1 heterocycles. The lowest BCUT2D eigenvalue weighted by atomic mass is 10.0. The van der Waals surface area contributed by atoms with E-state index in [1.807, 2.05) is 32.4 Å². The van der Waals surface area contributed by atoms with Crippen molar-refractivity contribution in [3.8, 4) is 5.75 Å². The second-order valence-electron chi connectivity index (χ2n) is 6.76. The monoisotopic (exact) mass is 363 g/mol. The van der Waals surface area contributed by atoms with Crippen molar-refractivity contribution in [3.05, 3.63) is 83.4 Å². The maximum Gasteiger partial charge on any atom is 0.308 e. The van der Waals surface area contributed by atoms with E-state index in [-0.39, 0.29) is 12.0 Å². The summed E-state index contributed by atoms with van der Waals surface area (Å²) in [5, 5.41) is 3.65. The van der Waals surface area contributed by atoms with E-state index >= 15 is 0 Å². The van der Waals surface area contributed by atoms with Crippen LogP contribution in [0.1, 0.15) is 35.2 Å². The van der Waals surface area contributed by atoms with E-state index in [4.69, 9.17) is 4.74 Å². The number of benzene rings is 2. The fraction of sp³-hybridized carbons (Fsp3) is 0.273. The highest BCUT2D eigenvalue weighted by atomic mass is 16.5. The van der Waals surface area contributed by atoms with Gasteiger partial charge in [-0.05, 0) is 36.1 Å². The molecule has 2 aromatic carbocycles. The van der Waals surface area contributed by atoms with Crippen molar-refractivity contribution in [2.75, 3.05) is 0 Å². The molecule has 140 valence electrons. The topological polar surface area (TPSA) is 56.1 Å². The van der Waals surface area contributed by atoms with Crippen LogP contribution < -0.4 is 10.1 Å². The second-order valence-corrected chi connectivity index (χ2v) is 6.76. The summed E-state index contributed by atoms with van der Waals surface area (Å²) in [5.41, 5.74) is 4.32. The van der Waals surface area contributed by atoms with Crippen LogP contribution in [0.4, 0.5) is 0 Å². The molecular formula is C22H25N3O2. The average molecular weight is 363 g/mol. The first kappa shape index (κ1) is 18.9. The molecule has 5 heteroatoms. The SMILES string of the molecule is CC(=O)Oc1c(C)cc(CNC(Cn2ccnc2)c2ccccc2)cc1C. The Morgan fingerprint density at radius 3 is 2.48 bits per heavy atom. The van der Waals surface area contributed by atoms with Gasteiger partial charge in [0.25, 0.3) is 0 Å². The Balaban J connectivity index is 1.76. The number of nitrogens with one attached hydrogen (secondary N) is 1. The van der Waals surface area contributed by atoms with Gasteiger partial charge in [-0.2, -0.15) is 0 Å². The van der Waals surface area contributed by atoms with Gasteiger partial charge in [0, 0.05) is 32.4 Å². The first-order chi connectivity index (χ1) is 13.0. The molecule has 1 aromatic heterocycles. The molecule has 5 nitrogen and oxygen atoms in total. The molecule has 0 bridgehead atoms. The van der Waals surface area contributed by atoms with Crippen LogP contribution in [-0.4, -0.2) is 15.5 Å². The molecular weight excluding hydrogens is 338 g/mol. The van der Waals surface area contributed by atoms with Crippen molar-refractivity contribution in [2.24, 2.45) is 0 Å². The maximum atomic E-state index is 11.3. The minimum Gasteiger partial charge on any atom is -0.426 e. The number of carbonyl (C=O) groups is 1. The third-order valence-electron chi connectivity index (χ3n) is 4.47. The summed E-state index contributed by atoms with van der Waals surface area (Å²) in [6.07, 6.45) is 5.60. The zero-order chi connectivity index (χ0) is 19.2. The van der Waals surface area contributed by atoms with Gasteiger partial charge in [-0.1, -0.05) is 42.5 Å². The average Bonchev–Trinajstić information content (AvgIpc) is 3.15. The third kappa shape index (κ3) is 5.05. The van der Waals surface area contributed by atoms with E-state index in [9.17, 15) is 4.79 Å². The van der Waals surface area contributed by atoms with Crippen LogP contribution >= 0.6 is 0 Å². The van der Waals surface area contributed by atoms with Crippen molar-refractivity contribution in [1.29, 1.82) is 0 Å². The Hall–Kier alpha value is -2.92. The van der Waals surface area contributed by atoms with Crippen molar-refractivity contribution in [3.63, 3.8) is 0 Å². The van der Waals surface area contributed by atoms with Gasteiger partial charge in [0.05, 0.1) is 12.4 Å². The van der Waals surface area contributed by atoms with E-state index in [0.29, 0.717) is 5.75 Å². The first-order valence-electron chi connectivity index (χ1n) is 9.05. The van der Waals surface area contributed by atoms with Gasteiger partial charge < -0.3 is 14.6 Å². The van der Waals surface area contributed by atoms with Crippen molar-refractivity contribution in [1.82, 2.24) is 14.9 Å². The molecule has 3 aromatic rings. The molecule has 27 heavy (non-hydrogen) atoms. The fourth-order valence-corrected chi connectivity index (χ4v) is 3.27. The number of aromatic nitrogens is 2. The van der Waals surface area contributed by atoms with Crippen LogP contribution in [0.2, 0.25) is 0 Å². The normalized spacial score (nSPS) is 12.0. The number of carbonyl (C=O) groups excluding carboxylic acids is 1. The van der Waals surface area contributed by atoms with Crippen LogP contribution in [-0.2, 0) is 17.9 Å². The summed E-state index contributed by atoms with van der Waals surface area (Å²) in [6.45, 7) is 6.88. The number of rotatable bonds is 7. The molecule has 1 N–H and O–H groups in total. The van der Waals surface area contributed by atoms with Crippen LogP contribution in [0, 0.1) is 13.8 Å². The fourth-order valence-electron chi connectivity index (χ4n) is 3.27. The van der Waals surface area contributed by atoms with Crippen molar-refractivity contribution in [2.45, 2.75) is 39.9 Å². The predicted molar refractivity (Wildman–Crippen MR) is 105 cm³/mol. The van der Waals surface area contributed by atoms with E-state index < -0.39 is 0 Å². The zero-order valence-corrected chi connectivity index (χ0v) is 16.0. The molecule has 0 aliphatic rings. The summed E-state index contributed by atoms with van der Waals surface area (Å²) in [6, 6.07) is 14.7. The quantitative estimate of drug-likeness (QED) is 0.510. The summed E-state index contributed by atoms with van der Waals surface area (Å²) >= 11 is 0. The summed E-state index contributed by atoms with van der Waals surface area (Å²) < 4.78 is 7.40. The molecule has 0 aliphatic carbocycles. The van der Waals surface area contributed by atoms with Gasteiger partial charge in [-0.15, -0.1) is 0 Å². The number of aryl methyl sites for hydroxylation is 2. The third-order valence-corrected chi connectivity index (χ3v) is 4.47. The number of hydrogen-bond donors (Lipinski definition) is 1. The highest BCUT2D eigenvalue weighted by Crippen LogP contribution is 2.25. The molecule has 1 atom stereocenters. The maximum absolute atomic E-state index is 11.3. The van der Waals surface area contributed by atoms with Crippen LogP contribution in [0.25, 0.3) is 0 Å². The van der Waals surface area contributed by atoms with Gasteiger partial charge in [0.2, 0.25) is 0 Å². The molecule has 0 saturated carbocycles. The van der Waals surface area contributed by atoms with Gasteiger partial charge in [-0.3, -0.25) is 4.79 Å². The van der Waals surface area contributed by atoms with E-state index in [0.717, 1.165) is 29.8 Å². The number of ether oxygens (including phenoxy) is 1. The smallest absolute Gasteiger partial charge is 0.308 e. The molecule has 0 aliphatic heterocycles. The lowest BCUT2D eigenvalue weighted by molar-refractivity contribution is -0.131. The van der Waals surface area contributed by atoms with Gasteiger partial charge in [0.15, 0.2) is 0 Å². The summed E-state index contributed by atoms with van der Waals surface area (Å²) in [5.74, 6) is 0.362. The van der Waals surface area contributed by atoms with E-state index in [1.165, 1.54) is 12.5 Å². The molecule has 0 radical (unpaired) electrons. The molecule has 1 unspecified atom stereocenters. The van der Waals surface area contributed by atoms with Crippen LogP contribution in [0.3, 0.4) is 0 Å². The first-order valence-corrected chi connectivity index (χ1v) is 9.05. The van der Waals surface area contributed by atoms with Gasteiger partial charge >= 0.3 is 5.97 Å². The van der Waals surface area contributed by atoms with Crippen LogP contribution in [0.5, 0.6) is 5.75 Å². The number of nitrogens with zero attached hydrogens (tertiary/aromatic N) is 2. The standard InChI is InChI=1S/C22H25N3O2/c1-16-11-19(12-17(2)22(16)27-18(3)26)13-24-21(14-25-10-9-23-15-25)20-7-5-4-6-8-20/h4-12,15,21,24H,13-14H2,1-3H3. The summed E-state index contributed by atoms with van der Waals surface area (Å²) in [4.78, 5) is 15.4. The lowest BCUT2D eigenvalue weighted by Crippen LogP contribution is -2.25. The van der Waals surface area contributed by atoms with Crippen LogP contribution in [0.15, 0.2) is 61.2 Å². The lowest BCUT2D eigenvalue weighted by Gasteiger charge is -2.21.